The van der Waals surface area contributed by atoms with Crippen LogP contribution in [0.3, 0.4) is 0 Å². The van der Waals surface area contributed by atoms with Crippen LogP contribution < -0.4 is 9.50 Å². The van der Waals surface area contributed by atoms with E-state index in [1.54, 1.807) is 6.07 Å². The van der Waals surface area contributed by atoms with Gasteiger partial charge in [0.1, 0.15) is 5.75 Å². The number of alkyl halides is 3. The number of fused-ring (bicyclic) bond motifs is 2. The second kappa shape index (κ2) is 7.51. The summed E-state index contributed by atoms with van der Waals surface area (Å²) >= 11 is 0. The zero-order valence-corrected chi connectivity index (χ0v) is 15.0. The highest BCUT2D eigenvalue weighted by Gasteiger charge is 2.50. The zero-order valence-electron chi connectivity index (χ0n) is 14.1. The average molecular weight is 381 g/mol. The van der Waals surface area contributed by atoms with Crippen LogP contribution in [-0.4, -0.2) is 33.6 Å². The normalized spacial score (nSPS) is 19.6. The quantitative estimate of drug-likeness (QED) is 0.630. The molecule has 2 aliphatic heterocycles. The van der Waals surface area contributed by atoms with Crippen LogP contribution in [-0.2, 0) is 26.9 Å². The van der Waals surface area contributed by atoms with E-state index < -0.39 is 21.2 Å². The van der Waals surface area contributed by atoms with Gasteiger partial charge in [-0.05, 0) is 44.0 Å². The molecule has 142 valence electrons. The lowest BCUT2D eigenvalue weighted by atomic mass is 9.79. The summed E-state index contributed by atoms with van der Waals surface area (Å²) in [6.45, 7) is 5.72. The summed E-state index contributed by atoms with van der Waals surface area (Å²) in [4.78, 5) is 0. The lowest BCUT2D eigenvalue weighted by molar-refractivity contribution is -0.0815. The van der Waals surface area contributed by atoms with Gasteiger partial charge in [-0.3, -0.25) is 0 Å². The number of hydrogen-bond donors (Lipinski definition) is 1. The van der Waals surface area contributed by atoms with Gasteiger partial charge in [-0.15, -0.1) is 0 Å². The summed E-state index contributed by atoms with van der Waals surface area (Å²) in [7, 11) is -5.71. The lowest BCUT2D eigenvalue weighted by Gasteiger charge is -2.42. The van der Waals surface area contributed by atoms with Crippen molar-refractivity contribution >= 4 is 10.1 Å². The Morgan fingerprint density at radius 1 is 1.20 bits per heavy atom. The maximum atomic E-state index is 12.6. The van der Waals surface area contributed by atoms with Crippen molar-refractivity contribution in [3.8, 4) is 5.75 Å². The summed E-state index contributed by atoms with van der Waals surface area (Å²) in [5, 5.41) is 3.16. The molecule has 1 fully saturated rings. The lowest BCUT2D eigenvalue weighted by Crippen LogP contribution is -2.45. The third-order valence-corrected chi connectivity index (χ3v) is 5.18. The Morgan fingerprint density at radius 3 is 2.44 bits per heavy atom. The molecule has 0 radical (unpaired) electrons. The van der Waals surface area contributed by atoms with Crippen molar-refractivity contribution in [2.24, 2.45) is 0 Å². The Kier molecular flexibility index (Phi) is 6.01. The fraction of sp³-hybridized carbons (Fsp3) is 0.625. The monoisotopic (exact) mass is 381 g/mol. The molecule has 0 bridgehead atoms. The number of rotatable bonds is 2. The molecule has 1 N–H and O–H groups in total. The molecular formula is C16H22F3NO4S. The van der Waals surface area contributed by atoms with Gasteiger partial charge in [0.05, 0.1) is 12.2 Å². The minimum Gasteiger partial charge on any atom is -0.376 e. The molecular weight excluding hydrogens is 359 g/mol. The number of ether oxygens (including phenoxy) is 1. The molecule has 0 saturated carbocycles. The molecule has 3 rings (SSSR count). The van der Waals surface area contributed by atoms with Crippen molar-refractivity contribution in [2.75, 3.05) is 19.7 Å². The van der Waals surface area contributed by atoms with Gasteiger partial charge in [-0.25, -0.2) is 0 Å². The van der Waals surface area contributed by atoms with Crippen molar-refractivity contribution in [1.29, 1.82) is 0 Å². The number of benzene rings is 1. The Bertz CT molecular complexity index is 698. The first kappa shape index (κ1) is 20.0. The van der Waals surface area contributed by atoms with Gasteiger partial charge in [0, 0.05) is 5.56 Å². The smallest absolute Gasteiger partial charge is 0.376 e. The topological polar surface area (TPSA) is 64.6 Å². The third kappa shape index (κ3) is 3.93. The molecule has 1 aromatic carbocycles. The first-order valence-electron chi connectivity index (χ1n) is 8.23. The van der Waals surface area contributed by atoms with E-state index in [9.17, 15) is 21.6 Å². The SMILES string of the molecule is CC.O=S(=O)(Oc1cccc2c1C1(CCNCC1)OCC2)C(F)(F)F. The minimum atomic E-state index is -5.71. The van der Waals surface area contributed by atoms with E-state index in [0.717, 1.165) is 5.56 Å². The Labute approximate surface area is 145 Å². The number of piperidine rings is 1. The first-order valence-corrected chi connectivity index (χ1v) is 9.64. The van der Waals surface area contributed by atoms with E-state index in [2.05, 4.69) is 9.50 Å². The standard InChI is InChI=1S/C14H16F3NO4S.C2H6/c15-14(16,17)23(19,20)22-11-3-1-2-10-4-9-21-13(12(10)11)5-7-18-8-6-13;1-2/h1-3,18H,4-9H2;1-2H3. The van der Waals surface area contributed by atoms with Crippen LogP contribution in [0, 0.1) is 0 Å². The average Bonchev–Trinajstić information content (AvgIpc) is 2.56. The van der Waals surface area contributed by atoms with Crippen LogP contribution in [0.25, 0.3) is 0 Å². The van der Waals surface area contributed by atoms with Crippen LogP contribution in [0.5, 0.6) is 5.75 Å². The fourth-order valence-electron chi connectivity index (χ4n) is 3.19. The molecule has 0 aliphatic carbocycles. The highest BCUT2D eigenvalue weighted by Crippen LogP contribution is 2.45. The van der Waals surface area contributed by atoms with Crippen LogP contribution in [0.2, 0.25) is 0 Å². The van der Waals surface area contributed by atoms with Crippen LogP contribution in [0.1, 0.15) is 37.8 Å². The van der Waals surface area contributed by atoms with Gasteiger partial charge >= 0.3 is 15.6 Å². The van der Waals surface area contributed by atoms with Gasteiger partial charge in [0.2, 0.25) is 0 Å². The zero-order chi connectivity index (χ0) is 18.7. The summed E-state index contributed by atoms with van der Waals surface area (Å²) in [6.07, 6.45) is 1.60. The van der Waals surface area contributed by atoms with E-state index in [0.29, 0.717) is 44.5 Å². The van der Waals surface area contributed by atoms with Gasteiger partial charge < -0.3 is 14.2 Å². The number of hydrogen-bond acceptors (Lipinski definition) is 5. The van der Waals surface area contributed by atoms with Crippen molar-refractivity contribution in [1.82, 2.24) is 5.32 Å². The van der Waals surface area contributed by atoms with Crippen LogP contribution in [0.15, 0.2) is 18.2 Å². The van der Waals surface area contributed by atoms with Crippen molar-refractivity contribution in [2.45, 2.75) is 44.2 Å². The van der Waals surface area contributed by atoms with E-state index in [1.165, 1.54) is 12.1 Å². The first-order chi connectivity index (χ1) is 11.8. The third-order valence-electron chi connectivity index (χ3n) is 4.21. The Morgan fingerprint density at radius 2 is 1.84 bits per heavy atom. The van der Waals surface area contributed by atoms with Crippen molar-refractivity contribution in [3.63, 3.8) is 0 Å². The summed E-state index contributed by atoms with van der Waals surface area (Å²) < 4.78 is 71.0. The highest BCUT2D eigenvalue weighted by atomic mass is 32.2. The molecule has 1 aromatic rings. The molecule has 9 heteroatoms. The van der Waals surface area contributed by atoms with Gasteiger partial charge in [-0.1, -0.05) is 26.0 Å². The molecule has 2 heterocycles. The second-order valence-electron chi connectivity index (χ2n) is 5.62. The molecule has 25 heavy (non-hydrogen) atoms. The summed E-state index contributed by atoms with van der Waals surface area (Å²) in [5.74, 6) is -0.290. The Balaban J connectivity index is 0.00000109. The Hall–Kier alpha value is -1.32. The largest absolute Gasteiger partial charge is 0.534 e. The molecule has 2 aliphatic rings. The molecule has 1 spiro atoms. The van der Waals surface area contributed by atoms with Gasteiger partial charge in [-0.2, -0.15) is 21.6 Å². The maximum absolute atomic E-state index is 12.6. The predicted octanol–water partition coefficient (Wildman–Crippen LogP) is 3.09. The van der Waals surface area contributed by atoms with Gasteiger partial charge in [0.25, 0.3) is 0 Å². The van der Waals surface area contributed by atoms with Crippen molar-refractivity contribution in [3.05, 3.63) is 29.3 Å². The molecule has 0 unspecified atom stereocenters. The highest BCUT2D eigenvalue weighted by molar-refractivity contribution is 7.88. The molecule has 5 nitrogen and oxygen atoms in total. The summed E-state index contributed by atoms with van der Waals surface area (Å²) in [5.41, 5.74) is -5.06. The van der Waals surface area contributed by atoms with E-state index in [-0.39, 0.29) is 5.75 Å². The predicted molar refractivity (Wildman–Crippen MR) is 86.8 cm³/mol. The van der Waals surface area contributed by atoms with Crippen molar-refractivity contribution < 1.29 is 30.5 Å². The van der Waals surface area contributed by atoms with E-state index in [4.69, 9.17) is 4.74 Å². The molecule has 0 amide bonds. The van der Waals surface area contributed by atoms with Crippen LogP contribution in [0.4, 0.5) is 13.2 Å². The number of halogens is 3. The molecule has 0 aromatic heterocycles. The minimum absolute atomic E-state index is 0.290. The fourth-order valence-corrected chi connectivity index (χ4v) is 3.66. The van der Waals surface area contributed by atoms with E-state index >= 15 is 0 Å². The molecule has 1 saturated heterocycles. The second-order valence-corrected chi connectivity index (χ2v) is 7.15. The van der Waals surface area contributed by atoms with Crippen LogP contribution >= 0.6 is 0 Å². The van der Waals surface area contributed by atoms with Gasteiger partial charge in [0.15, 0.2) is 0 Å². The number of nitrogens with one attached hydrogen (secondary N) is 1. The van der Waals surface area contributed by atoms with E-state index in [1.807, 2.05) is 13.8 Å². The summed E-state index contributed by atoms with van der Waals surface area (Å²) in [6, 6.07) is 4.52. The molecule has 0 atom stereocenters. The maximum Gasteiger partial charge on any atom is 0.534 e.